The lowest BCUT2D eigenvalue weighted by Gasteiger charge is -2.41. The topological polar surface area (TPSA) is 111 Å². The summed E-state index contributed by atoms with van der Waals surface area (Å²) < 4.78 is 40.0. The number of alkyl halides is 3. The number of carbonyl (C=O) groups is 4. The average molecular weight is 496 g/mol. The second-order valence-electron chi connectivity index (χ2n) is 8.30. The molecule has 4 rings (SSSR count). The zero-order chi connectivity index (χ0) is 26.2. The molecule has 184 valence electrons. The Morgan fingerprint density at radius 1 is 1.19 bits per heavy atom. The minimum absolute atomic E-state index is 0.0337. The molecule has 2 aromatic rings. The normalized spacial score (nSPS) is 17.7. The Morgan fingerprint density at radius 3 is 2.61 bits per heavy atom. The quantitative estimate of drug-likeness (QED) is 0.484. The second kappa shape index (κ2) is 9.30. The lowest BCUT2D eigenvalue weighted by atomic mass is 9.88. The number of ketones is 2. The van der Waals surface area contributed by atoms with Crippen molar-refractivity contribution in [3.63, 3.8) is 0 Å². The van der Waals surface area contributed by atoms with Crippen molar-refractivity contribution in [1.82, 2.24) is 10.2 Å². The molecule has 1 atom stereocenters. The highest BCUT2D eigenvalue weighted by Crippen LogP contribution is 2.45. The summed E-state index contributed by atoms with van der Waals surface area (Å²) in [5.41, 5.74) is -0.0326. The maximum absolute atomic E-state index is 13.5. The van der Waals surface area contributed by atoms with Crippen LogP contribution in [0.25, 0.3) is 0 Å². The predicted octanol–water partition coefficient (Wildman–Crippen LogP) is 3.74. The van der Waals surface area contributed by atoms with Gasteiger partial charge in [-0.05, 0) is 42.3 Å². The van der Waals surface area contributed by atoms with Crippen LogP contribution in [0.3, 0.4) is 0 Å². The molecule has 1 aliphatic heterocycles. The minimum Gasteiger partial charge on any atom is -0.351 e. The summed E-state index contributed by atoms with van der Waals surface area (Å²) in [6, 6.07) is 8.76. The van der Waals surface area contributed by atoms with Crippen molar-refractivity contribution >= 4 is 29.7 Å². The van der Waals surface area contributed by atoms with E-state index < -0.39 is 29.6 Å². The molecule has 1 unspecified atom stereocenters. The smallest absolute Gasteiger partial charge is 0.351 e. The number of Topliss-reactive ketones (excluding diaryl/α,β-unsaturated/α-hetero) is 2. The van der Waals surface area contributed by atoms with E-state index in [1.807, 2.05) is 6.07 Å². The van der Waals surface area contributed by atoms with Gasteiger partial charge in [0.05, 0.1) is 35.5 Å². The fourth-order valence-electron chi connectivity index (χ4n) is 4.57. The van der Waals surface area contributed by atoms with E-state index in [1.54, 1.807) is 0 Å². The number of benzene rings is 2. The van der Waals surface area contributed by atoms with Gasteiger partial charge in [-0.25, -0.2) is 4.79 Å². The molecule has 2 aliphatic rings. The van der Waals surface area contributed by atoms with E-state index >= 15 is 0 Å². The van der Waals surface area contributed by atoms with Crippen LogP contribution >= 0.6 is 0 Å². The maximum Gasteiger partial charge on any atom is 0.416 e. The van der Waals surface area contributed by atoms with E-state index in [1.165, 1.54) is 42.3 Å². The number of likely N-dealkylation sites (N-methyl/N-ethyl adjacent to an activating group) is 1. The van der Waals surface area contributed by atoms with Crippen molar-refractivity contribution in [3.8, 4) is 6.07 Å². The molecule has 2 aromatic carbocycles. The number of carbonyl (C=O) groups excluding carboxylic acids is 4. The molecule has 0 saturated carbocycles. The number of nitriles is 1. The highest BCUT2D eigenvalue weighted by atomic mass is 19.4. The van der Waals surface area contributed by atoms with Gasteiger partial charge in [-0.1, -0.05) is 12.1 Å². The molecule has 1 N–H and O–H groups in total. The van der Waals surface area contributed by atoms with E-state index in [0.717, 1.165) is 17.0 Å². The molecule has 0 fully saturated rings. The lowest BCUT2D eigenvalue weighted by Crippen LogP contribution is -2.48. The number of hydrogen-bond acceptors (Lipinski definition) is 5. The minimum atomic E-state index is -4.63. The molecule has 3 amide bonds. The first kappa shape index (κ1) is 24.7. The summed E-state index contributed by atoms with van der Waals surface area (Å²) in [6.07, 6.45) is -4.11. The van der Waals surface area contributed by atoms with Crippen molar-refractivity contribution in [2.24, 2.45) is 0 Å². The zero-order valence-corrected chi connectivity index (χ0v) is 18.9. The SMILES string of the molecule is CN1C(=O)N(c2cccc(C(F)(F)F)c2)C2=C(C(=O)CC2)C1c1ccc(C#N)cc1C(=O)CNC=O. The van der Waals surface area contributed by atoms with Gasteiger partial charge in [0.1, 0.15) is 0 Å². The second-order valence-corrected chi connectivity index (χ2v) is 8.30. The molecule has 0 spiro atoms. The van der Waals surface area contributed by atoms with Crippen LogP contribution in [0.2, 0.25) is 0 Å². The van der Waals surface area contributed by atoms with Crippen LogP contribution in [-0.4, -0.2) is 42.5 Å². The van der Waals surface area contributed by atoms with Gasteiger partial charge in [0.25, 0.3) is 0 Å². The lowest BCUT2D eigenvalue weighted by molar-refractivity contribution is -0.137. The first-order valence-electron chi connectivity index (χ1n) is 10.8. The summed E-state index contributed by atoms with van der Waals surface area (Å²) >= 11 is 0. The zero-order valence-electron chi connectivity index (χ0n) is 18.9. The van der Waals surface area contributed by atoms with Gasteiger partial charge in [0.2, 0.25) is 6.41 Å². The number of anilines is 1. The van der Waals surface area contributed by atoms with Crippen LogP contribution in [0, 0.1) is 11.3 Å². The van der Waals surface area contributed by atoms with E-state index in [9.17, 15) is 37.6 Å². The van der Waals surface area contributed by atoms with Gasteiger partial charge in [-0.15, -0.1) is 0 Å². The standard InChI is InChI=1S/C25H19F3N4O4/c1-31-23(17-6-5-14(11-29)9-18(17)21(35)12-30-13-33)22-19(7-8-20(22)34)32(24(31)36)16-4-2-3-15(10-16)25(26,27)28/h2-6,9-10,13,23H,7-8,12H2,1H3,(H,30,33). The van der Waals surface area contributed by atoms with Crippen LogP contribution < -0.4 is 10.2 Å². The van der Waals surface area contributed by atoms with Crippen LogP contribution in [0.1, 0.15) is 45.9 Å². The van der Waals surface area contributed by atoms with Gasteiger partial charge < -0.3 is 10.2 Å². The van der Waals surface area contributed by atoms with Gasteiger partial charge in [0, 0.05) is 30.3 Å². The molecule has 36 heavy (non-hydrogen) atoms. The summed E-state index contributed by atoms with van der Waals surface area (Å²) in [5.74, 6) is -0.844. The van der Waals surface area contributed by atoms with E-state index in [4.69, 9.17) is 0 Å². The Kier molecular flexibility index (Phi) is 6.37. The van der Waals surface area contributed by atoms with Crippen molar-refractivity contribution in [3.05, 3.63) is 76.0 Å². The predicted molar refractivity (Wildman–Crippen MR) is 121 cm³/mol. The van der Waals surface area contributed by atoms with Gasteiger partial charge in [-0.3, -0.25) is 19.3 Å². The van der Waals surface area contributed by atoms with E-state index in [-0.39, 0.29) is 58.8 Å². The highest BCUT2D eigenvalue weighted by Gasteiger charge is 2.45. The molecular weight excluding hydrogens is 477 g/mol. The van der Waals surface area contributed by atoms with Crippen LogP contribution in [0.5, 0.6) is 0 Å². The number of nitrogens with one attached hydrogen (secondary N) is 1. The number of nitrogens with zero attached hydrogens (tertiary/aromatic N) is 3. The molecule has 11 heteroatoms. The largest absolute Gasteiger partial charge is 0.416 e. The third-order valence-electron chi connectivity index (χ3n) is 6.18. The van der Waals surface area contributed by atoms with Crippen molar-refractivity contribution in [1.29, 1.82) is 5.26 Å². The van der Waals surface area contributed by atoms with Crippen molar-refractivity contribution in [2.75, 3.05) is 18.5 Å². The Labute approximate surface area is 203 Å². The van der Waals surface area contributed by atoms with Gasteiger partial charge in [0.15, 0.2) is 11.6 Å². The Bertz CT molecular complexity index is 1360. The molecule has 8 nitrogen and oxygen atoms in total. The number of allylic oxidation sites excluding steroid dienone is 1. The number of rotatable bonds is 6. The van der Waals surface area contributed by atoms with Gasteiger partial charge >= 0.3 is 12.2 Å². The molecule has 0 bridgehead atoms. The van der Waals surface area contributed by atoms with Crippen molar-refractivity contribution < 1.29 is 32.3 Å². The Hall–Kier alpha value is -4.46. The fraction of sp³-hybridized carbons (Fsp3) is 0.240. The maximum atomic E-state index is 13.5. The summed E-state index contributed by atoms with van der Waals surface area (Å²) in [6.45, 7) is -0.369. The third kappa shape index (κ3) is 4.22. The first-order chi connectivity index (χ1) is 17.1. The monoisotopic (exact) mass is 496 g/mol. The summed E-state index contributed by atoms with van der Waals surface area (Å²) in [7, 11) is 1.39. The Balaban J connectivity index is 1.89. The van der Waals surface area contributed by atoms with Crippen LogP contribution in [0.4, 0.5) is 23.7 Å². The molecule has 0 radical (unpaired) electrons. The molecule has 1 aliphatic carbocycles. The molecular formula is C25H19F3N4O4. The van der Waals surface area contributed by atoms with Crippen LogP contribution in [0.15, 0.2) is 53.7 Å². The molecule has 1 heterocycles. The first-order valence-corrected chi connectivity index (χ1v) is 10.8. The number of hydrogen-bond donors (Lipinski definition) is 1. The number of halogens is 3. The van der Waals surface area contributed by atoms with E-state index in [2.05, 4.69) is 5.32 Å². The van der Waals surface area contributed by atoms with Gasteiger partial charge in [-0.2, -0.15) is 18.4 Å². The van der Waals surface area contributed by atoms with E-state index in [0.29, 0.717) is 6.41 Å². The summed E-state index contributed by atoms with van der Waals surface area (Å²) in [4.78, 5) is 52.4. The highest BCUT2D eigenvalue weighted by molar-refractivity contribution is 6.09. The number of amides is 3. The molecule has 0 saturated heterocycles. The fourth-order valence-corrected chi connectivity index (χ4v) is 4.57. The third-order valence-corrected chi connectivity index (χ3v) is 6.18. The van der Waals surface area contributed by atoms with Crippen LogP contribution in [-0.2, 0) is 15.8 Å². The Morgan fingerprint density at radius 2 is 1.94 bits per heavy atom. The molecule has 0 aromatic heterocycles. The summed E-state index contributed by atoms with van der Waals surface area (Å²) in [5, 5.41) is 11.6. The average Bonchev–Trinajstić information content (AvgIpc) is 3.23. The number of urea groups is 1. The van der Waals surface area contributed by atoms with Crippen molar-refractivity contribution in [2.45, 2.75) is 25.1 Å².